The highest BCUT2D eigenvalue weighted by molar-refractivity contribution is 14.1. The number of benzene rings is 3. The van der Waals surface area contributed by atoms with Crippen molar-refractivity contribution in [2.24, 2.45) is 0 Å². The van der Waals surface area contributed by atoms with Crippen molar-refractivity contribution in [3.8, 4) is 11.5 Å². The number of carbonyl (C=O) groups excluding carboxylic acids is 2. The number of nitrogens with one attached hydrogen (secondary N) is 2. The first kappa shape index (κ1) is 34.0. The number of para-hydroxylation sites is 1. The second-order valence-corrected chi connectivity index (χ2v) is 14.3. The van der Waals surface area contributed by atoms with Crippen molar-refractivity contribution in [2.45, 2.75) is 49.0 Å². The summed E-state index contributed by atoms with van der Waals surface area (Å²) < 4.78 is 34.5. The summed E-state index contributed by atoms with van der Waals surface area (Å²) >= 11 is 8.28. The molecule has 6 rings (SSSR count). The number of ether oxygens (including phenoxy) is 3. The van der Waals surface area contributed by atoms with Gasteiger partial charge < -0.3 is 29.4 Å². The Kier molecular flexibility index (Phi) is 10.1. The Morgan fingerprint density at radius 3 is 2.67 bits per heavy atom. The maximum Gasteiger partial charge on any atom is 0.337 e. The van der Waals surface area contributed by atoms with Crippen LogP contribution >= 0.6 is 34.2 Å². The van der Waals surface area contributed by atoms with E-state index in [0.29, 0.717) is 53.1 Å². The van der Waals surface area contributed by atoms with Gasteiger partial charge in [-0.15, -0.1) is 0 Å². The van der Waals surface area contributed by atoms with Crippen molar-refractivity contribution in [1.82, 2.24) is 14.5 Å². The van der Waals surface area contributed by atoms with Gasteiger partial charge in [0, 0.05) is 23.7 Å². The molecule has 2 atom stereocenters. The molecule has 1 saturated heterocycles. The molecule has 2 aliphatic heterocycles. The lowest BCUT2D eigenvalue weighted by molar-refractivity contribution is -0.117. The van der Waals surface area contributed by atoms with Gasteiger partial charge in [-0.25, -0.2) is 14.2 Å². The van der Waals surface area contributed by atoms with Crippen LogP contribution in [0.3, 0.4) is 0 Å². The first-order chi connectivity index (χ1) is 23.0. The first-order valence-electron chi connectivity index (χ1n) is 15.6. The lowest BCUT2D eigenvalue weighted by Gasteiger charge is -2.32. The fourth-order valence-corrected chi connectivity index (χ4v) is 6.91. The highest BCUT2D eigenvalue weighted by Crippen LogP contribution is 2.49. The van der Waals surface area contributed by atoms with Crippen LogP contribution in [0, 0.1) is 5.82 Å². The number of nitrogens with zero attached hydrogens (tertiary/aromatic N) is 3. The number of piperidine rings is 1. The Balaban J connectivity index is 1.09. The van der Waals surface area contributed by atoms with E-state index in [-0.39, 0.29) is 28.0 Å². The highest BCUT2D eigenvalue weighted by Gasteiger charge is 2.43. The molecule has 10 nitrogen and oxygen atoms in total. The normalized spacial score (nSPS) is 18.4. The van der Waals surface area contributed by atoms with E-state index < -0.39 is 17.6 Å². The Morgan fingerprint density at radius 2 is 1.94 bits per heavy atom. The summed E-state index contributed by atoms with van der Waals surface area (Å²) in [5, 5.41) is 6.68. The molecule has 1 aromatic heterocycles. The van der Waals surface area contributed by atoms with Gasteiger partial charge >= 0.3 is 5.97 Å². The molecule has 0 aliphatic carbocycles. The molecule has 1 amide bonds. The number of halogens is 3. The summed E-state index contributed by atoms with van der Waals surface area (Å²) in [7, 11) is 1.33. The maximum atomic E-state index is 14.8. The first-order valence-corrected chi connectivity index (χ1v) is 17.3. The zero-order chi connectivity index (χ0) is 34.0. The number of hydrogen-bond donors (Lipinski definition) is 2. The van der Waals surface area contributed by atoms with Crippen molar-refractivity contribution in [3.63, 3.8) is 0 Å². The van der Waals surface area contributed by atoms with E-state index in [1.807, 2.05) is 22.8 Å². The average molecular weight is 788 g/mol. The summed E-state index contributed by atoms with van der Waals surface area (Å²) in [6.07, 6.45) is 5.18. The molecule has 3 aromatic carbocycles. The Hall–Kier alpha value is -3.88. The van der Waals surface area contributed by atoms with Crippen LogP contribution in [-0.4, -0.2) is 53.1 Å². The Morgan fingerprint density at radius 1 is 1.15 bits per heavy atom. The van der Waals surface area contributed by atoms with Crippen molar-refractivity contribution < 1.29 is 28.2 Å². The molecule has 4 aromatic rings. The molecule has 3 heterocycles. The van der Waals surface area contributed by atoms with Gasteiger partial charge in [0.1, 0.15) is 5.82 Å². The monoisotopic (exact) mass is 787 g/mol. The van der Waals surface area contributed by atoms with Crippen LogP contribution in [0.15, 0.2) is 67.1 Å². The lowest BCUT2D eigenvalue weighted by Crippen LogP contribution is -2.39. The number of carbonyl (C=O) groups is 2. The predicted molar refractivity (Wildman–Crippen MR) is 190 cm³/mol. The minimum atomic E-state index is -1.32. The van der Waals surface area contributed by atoms with E-state index >= 15 is 0 Å². The van der Waals surface area contributed by atoms with Crippen LogP contribution < -0.4 is 20.1 Å². The minimum absolute atomic E-state index is 0.161. The third-order valence-corrected chi connectivity index (χ3v) is 9.57. The van der Waals surface area contributed by atoms with E-state index in [1.54, 1.807) is 49.8 Å². The minimum Gasteiger partial charge on any atom is -0.465 e. The largest absolute Gasteiger partial charge is 0.465 e. The van der Waals surface area contributed by atoms with Crippen molar-refractivity contribution >= 4 is 57.4 Å². The zero-order valence-electron chi connectivity index (χ0n) is 26.8. The third-order valence-electron chi connectivity index (χ3n) is 8.73. The van der Waals surface area contributed by atoms with Gasteiger partial charge in [-0.05, 0) is 81.2 Å². The number of hydrogen-bond acceptors (Lipinski definition) is 8. The SMILES string of the molecule is COC(=O)c1ccc(NC(=O)CN2CCC(c3cccc4c3OC(C)(c3ccc(Cl)cc3F)O4)CC2)c(NCc2cncn2C(C)I)c1. The molecule has 13 heteroatoms. The fraction of sp³-hybridized carbons (Fsp3) is 0.343. The molecular formula is C35H36ClFIN5O5. The topological polar surface area (TPSA) is 107 Å². The van der Waals surface area contributed by atoms with E-state index in [1.165, 1.54) is 13.2 Å². The third kappa shape index (κ3) is 7.25. The van der Waals surface area contributed by atoms with Gasteiger partial charge in [0.25, 0.3) is 5.79 Å². The number of methoxy groups -OCH3 is 1. The van der Waals surface area contributed by atoms with E-state index in [2.05, 4.69) is 50.0 Å². The van der Waals surface area contributed by atoms with Gasteiger partial charge in [0.05, 0.1) is 58.8 Å². The molecule has 0 spiro atoms. The van der Waals surface area contributed by atoms with Gasteiger partial charge in [-0.1, -0.05) is 46.3 Å². The Labute approximate surface area is 297 Å². The van der Waals surface area contributed by atoms with Crippen molar-refractivity contribution in [3.05, 3.63) is 100 Å². The summed E-state index contributed by atoms with van der Waals surface area (Å²) in [5.41, 5.74) is 3.78. The number of anilines is 2. The summed E-state index contributed by atoms with van der Waals surface area (Å²) in [6.45, 7) is 5.83. The van der Waals surface area contributed by atoms with Crippen molar-refractivity contribution in [2.75, 3.05) is 37.4 Å². The molecule has 2 N–H and O–H groups in total. The number of likely N-dealkylation sites (tertiary alicyclic amines) is 1. The maximum absolute atomic E-state index is 14.8. The molecule has 0 saturated carbocycles. The fourth-order valence-electron chi connectivity index (χ4n) is 6.25. The van der Waals surface area contributed by atoms with E-state index in [0.717, 1.165) is 24.1 Å². The summed E-state index contributed by atoms with van der Waals surface area (Å²) in [6, 6.07) is 15.3. The zero-order valence-corrected chi connectivity index (χ0v) is 29.7. The average Bonchev–Trinajstić information content (AvgIpc) is 3.68. The number of aromatic nitrogens is 2. The lowest BCUT2D eigenvalue weighted by atomic mass is 9.88. The summed E-state index contributed by atoms with van der Waals surface area (Å²) in [4.78, 5) is 31.9. The molecule has 0 bridgehead atoms. The van der Waals surface area contributed by atoms with Crippen LogP contribution in [0.5, 0.6) is 11.5 Å². The number of imidazole rings is 1. The van der Waals surface area contributed by atoms with Crippen LogP contribution in [0.2, 0.25) is 5.02 Å². The highest BCUT2D eigenvalue weighted by atomic mass is 127. The number of amides is 1. The van der Waals surface area contributed by atoms with E-state index in [4.69, 9.17) is 25.8 Å². The molecular weight excluding hydrogens is 752 g/mol. The van der Waals surface area contributed by atoms with Crippen LogP contribution in [0.1, 0.15) is 63.8 Å². The van der Waals surface area contributed by atoms with Crippen LogP contribution in [0.4, 0.5) is 15.8 Å². The van der Waals surface area contributed by atoms with Gasteiger partial charge in [-0.3, -0.25) is 9.69 Å². The number of rotatable bonds is 10. The second kappa shape index (κ2) is 14.3. The molecule has 1 fully saturated rings. The second-order valence-electron chi connectivity index (χ2n) is 12.0. The molecule has 48 heavy (non-hydrogen) atoms. The number of alkyl halides is 1. The van der Waals surface area contributed by atoms with Gasteiger partial charge in [-0.2, -0.15) is 0 Å². The Bertz CT molecular complexity index is 1830. The van der Waals surface area contributed by atoms with Gasteiger partial charge in [0.2, 0.25) is 5.91 Å². The summed E-state index contributed by atoms with van der Waals surface area (Å²) in [5.74, 6) is -1.06. The quantitative estimate of drug-likeness (QED) is 0.0969. The number of fused-ring (bicyclic) bond motifs is 1. The van der Waals surface area contributed by atoms with Crippen molar-refractivity contribution in [1.29, 1.82) is 0 Å². The molecule has 0 radical (unpaired) electrons. The van der Waals surface area contributed by atoms with Gasteiger partial charge in [0.15, 0.2) is 11.5 Å². The molecule has 2 aliphatic rings. The smallest absolute Gasteiger partial charge is 0.337 e. The predicted octanol–water partition coefficient (Wildman–Crippen LogP) is 7.49. The van der Waals surface area contributed by atoms with E-state index in [9.17, 15) is 14.0 Å². The standard InChI is InChI=1S/C35H36ClFIN5O5/c1-21(38)43-20-39-17-25(43)18-40-30-15-23(34(45)46-3)7-10-29(30)41-32(44)19-42-13-11-22(12-14-42)26-5-4-6-31-33(26)48-35(2,47-31)27-9-8-24(36)16-28(27)37/h4-10,15-17,20-22,40H,11-14,18-19H2,1-3H3,(H,41,44). The number of esters is 1. The van der Waals surface area contributed by atoms with Crippen LogP contribution in [0.25, 0.3) is 0 Å². The van der Waals surface area contributed by atoms with Crippen LogP contribution in [-0.2, 0) is 21.9 Å². The molecule has 2 unspecified atom stereocenters. The molecule has 252 valence electrons.